The number of hydrogen-bond donors (Lipinski definition) is 3. The van der Waals surface area contributed by atoms with E-state index in [0.717, 1.165) is 5.56 Å². The molecule has 1 aliphatic rings. The summed E-state index contributed by atoms with van der Waals surface area (Å²) in [6, 6.07) is 5.00. The summed E-state index contributed by atoms with van der Waals surface area (Å²) in [5, 5.41) is 9.14. The van der Waals surface area contributed by atoms with Gasteiger partial charge in [-0.3, -0.25) is 9.79 Å². The molecule has 3 N–H and O–H groups in total. The fourth-order valence-electron chi connectivity index (χ4n) is 2.57. The van der Waals surface area contributed by atoms with Gasteiger partial charge < -0.3 is 20.7 Å². The summed E-state index contributed by atoms with van der Waals surface area (Å²) in [6.07, 6.45) is 2.70. The first-order chi connectivity index (χ1) is 12.9. The van der Waals surface area contributed by atoms with Crippen LogP contribution in [-0.4, -0.2) is 38.1 Å². The molecule has 1 unspecified atom stereocenters. The Balaban J connectivity index is 1.81. The van der Waals surface area contributed by atoms with Gasteiger partial charge in [0.15, 0.2) is 17.5 Å². The number of hydrogen-bond acceptors (Lipinski definition) is 3. The molecule has 0 radical (unpaired) electrons. The van der Waals surface area contributed by atoms with Crippen molar-refractivity contribution in [3.63, 3.8) is 0 Å². The number of aliphatic imine (C=N–C) groups is 1. The van der Waals surface area contributed by atoms with E-state index in [2.05, 4.69) is 20.9 Å². The second kappa shape index (κ2) is 10.1. The number of ether oxygens (including phenoxy) is 1. The van der Waals surface area contributed by atoms with Gasteiger partial charge in [0.2, 0.25) is 5.91 Å². The van der Waals surface area contributed by atoms with Gasteiger partial charge in [0.25, 0.3) is 0 Å². The summed E-state index contributed by atoms with van der Waals surface area (Å²) in [6.45, 7) is 6.83. The second-order valence-corrected chi connectivity index (χ2v) is 7.28. The van der Waals surface area contributed by atoms with E-state index >= 15 is 0 Å². The minimum atomic E-state index is -0.352. The number of carbonyl (C=O) groups is 1. The molecular weight excluding hydrogens is 347 g/mol. The summed E-state index contributed by atoms with van der Waals surface area (Å²) >= 11 is 0. The minimum absolute atomic E-state index is 0.00939. The Morgan fingerprint density at radius 1 is 1.30 bits per heavy atom. The first kappa shape index (κ1) is 21.0. The largest absolute Gasteiger partial charge is 0.490 e. The number of halogens is 1. The van der Waals surface area contributed by atoms with Gasteiger partial charge in [-0.05, 0) is 57.2 Å². The third-order valence-electron chi connectivity index (χ3n) is 4.30. The minimum Gasteiger partial charge on any atom is -0.490 e. The van der Waals surface area contributed by atoms with Crippen molar-refractivity contribution in [2.24, 2.45) is 10.9 Å². The average molecular weight is 378 g/mol. The highest BCUT2D eigenvalue weighted by Crippen LogP contribution is 2.30. The highest BCUT2D eigenvalue weighted by atomic mass is 19.1. The van der Waals surface area contributed by atoms with Gasteiger partial charge in [-0.25, -0.2) is 4.39 Å². The quantitative estimate of drug-likeness (QED) is 0.456. The van der Waals surface area contributed by atoms with Crippen molar-refractivity contribution in [3.05, 3.63) is 29.6 Å². The molecule has 1 fully saturated rings. The molecule has 1 atom stereocenters. The zero-order valence-electron chi connectivity index (χ0n) is 16.6. The van der Waals surface area contributed by atoms with Crippen LogP contribution in [0.25, 0.3) is 0 Å². The summed E-state index contributed by atoms with van der Waals surface area (Å²) < 4.78 is 19.8. The van der Waals surface area contributed by atoms with Crippen LogP contribution in [-0.2, 0) is 4.79 Å². The third-order valence-corrected chi connectivity index (χ3v) is 4.30. The first-order valence-electron chi connectivity index (χ1n) is 9.57. The van der Waals surface area contributed by atoms with E-state index in [4.69, 9.17) is 4.74 Å². The Morgan fingerprint density at radius 3 is 2.63 bits per heavy atom. The van der Waals surface area contributed by atoms with E-state index in [1.165, 1.54) is 18.9 Å². The van der Waals surface area contributed by atoms with Crippen molar-refractivity contribution in [2.45, 2.75) is 52.1 Å². The summed E-state index contributed by atoms with van der Waals surface area (Å²) in [5.74, 6) is 1.09. The molecule has 0 spiro atoms. The molecule has 2 rings (SSSR count). The van der Waals surface area contributed by atoms with Crippen molar-refractivity contribution < 1.29 is 13.9 Å². The van der Waals surface area contributed by atoms with Crippen LogP contribution in [0, 0.1) is 11.7 Å². The number of amides is 1. The van der Waals surface area contributed by atoms with E-state index in [0.29, 0.717) is 37.2 Å². The Hall–Kier alpha value is -2.31. The molecule has 1 aromatic carbocycles. The predicted octanol–water partition coefficient (Wildman–Crippen LogP) is 2.76. The molecule has 1 saturated carbocycles. The monoisotopic (exact) mass is 378 g/mol. The molecule has 0 aliphatic heterocycles. The lowest BCUT2D eigenvalue weighted by atomic mass is 10.1. The molecule has 150 valence electrons. The van der Waals surface area contributed by atoms with Gasteiger partial charge >= 0.3 is 0 Å². The van der Waals surface area contributed by atoms with Gasteiger partial charge in [0.1, 0.15) is 0 Å². The zero-order valence-corrected chi connectivity index (χ0v) is 16.6. The topological polar surface area (TPSA) is 74.8 Å². The molecule has 0 heterocycles. The van der Waals surface area contributed by atoms with Gasteiger partial charge in [0, 0.05) is 26.1 Å². The van der Waals surface area contributed by atoms with Crippen molar-refractivity contribution in [3.8, 4) is 5.75 Å². The average Bonchev–Trinajstić information content (AvgIpc) is 3.43. The fraction of sp³-hybridized carbons (Fsp3) is 0.600. The Bertz CT molecular complexity index is 659. The summed E-state index contributed by atoms with van der Waals surface area (Å²) in [7, 11) is 1.66. The highest BCUT2D eigenvalue weighted by molar-refractivity contribution is 5.81. The lowest BCUT2D eigenvalue weighted by molar-refractivity contribution is -0.121. The smallest absolute Gasteiger partial charge is 0.221 e. The normalized spacial score (nSPS) is 15.4. The summed E-state index contributed by atoms with van der Waals surface area (Å²) in [5.41, 5.74) is 0.798. The molecule has 1 aliphatic carbocycles. The molecule has 0 saturated heterocycles. The Labute approximate surface area is 161 Å². The first-order valence-corrected chi connectivity index (χ1v) is 9.57. The highest BCUT2D eigenvalue weighted by Gasteiger charge is 2.22. The van der Waals surface area contributed by atoms with Crippen LogP contribution in [0.5, 0.6) is 5.75 Å². The Morgan fingerprint density at radius 2 is 2.04 bits per heavy atom. The number of guanidine groups is 1. The van der Waals surface area contributed by atoms with Crippen molar-refractivity contribution >= 4 is 11.9 Å². The van der Waals surface area contributed by atoms with Crippen LogP contribution >= 0.6 is 0 Å². The molecule has 27 heavy (non-hydrogen) atoms. The van der Waals surface area contributed by atoms with Crippen molar-refractivity contribution in [1.29, 1.82) is 0 Å². The lowest BCUT2D eigenvalue weighted by Gasteiger charge is -2.19. The molecule has 0 bridgehead atoms. The van der Waals surface area contributed by atoms with E-state index in [9.17, 15) is 9.18 Å². The Kier molecular flexibility index (Phi) is 7.88. The van der Waals surface area contributed by atoms with Crippen LogP contribution in [0.4, 0.5) is 4.39 Å². The van der Waals surface area contributed by atoms with Crippen LogP contribution in [0.15, 0.2) is 23.2 Å². The van der Waals surface area contributed by atoms with Crippen LogP contribution in [0.3, 0.4) is 0 Å². The molecule has 1 amide bonds. The van der Waals surface area contributed by atoms with Gasteiger partial charge in [-0.15, -0.1) is 0 Å². The van der Waals surface area contributed by atoms with E-state index in [1.807, 2.05) is 26.8 Å². The fourth-order valence-corrected chi connectivity index (χ4v) is 2.57. The SMILES string of the molecule is CN=C(NCCC(=O)NC(C)C)NC(C)c1ccc(OCC2CC2)c(F)c1. The number of benzene rings is 1. The van der Waals surface area contributed by atoms with E-state index in [1.54, 1.807) is 13.1 Å². The predicted molar refractivity (Wildman–Crippen MR) is 105 cm³/mol. The third kappa shape index (κ3) is 7.45. The summed E-state index contributed by atoms with van der Waals surface area (Å²) in [4.78, 5) is 15.8. The number of rotatable bonds is 9. The molecule has 1 aromatic rings. The maximum Gasteiger partial charge on any atom is 0.221 e. The maximum absolute atomic E-state index is 14.3. The van der Waals surface area contributed by atoms with E-state index < -0.39 is 0 Å². The molecular formula is C20H31FN4O2. The van der Waals surface area contributed by atoms with Gasteiger partial charge in [-0.1, -0.05) is 6.07 Å². The molecule has 7 heteroatoms. The van der Waals surface area contributed by atoms with Gasteiger partial charge in [0.05, 0.1) is 12.6 Å². The molecule has 6 nitrogen and oxygen atoms in total. The van der Waals surface area contributed by atoms with Crippen molar-refractivity contribution in [2.75, 3.05) is 20.2 Å². The van der Waals surface area contributed by atoms with Crippen LogP contribution in [0.2, 0.25) is 0 Å². The van der Waals surface area contributed by atoms with Crippen LogP contribution < -0.4 is 20.7 Å². The second-order valence-electron chi connectivity index (χ2n) is 7.28. The zero-order chi connectivity index (χ0) is 19.8. The molecule has 0 aromatic heterocycles. The number of nitrogens with zero attached hydrogens (tertiary/aromatic N) is 1. The van der Waals surface area contributed by atoms with Crippen LogP contribution in [0.1, 0.15) is 51.6 Å². The van der Waals surface area contributed by atoms with Crippen molar-refractivity contribution in [1.82, 2.24) is 16.0 Å². The van der Waals surface area contributed by atoms with Gasteiger partial charge in [-0.2, -0.15) is 0 Å². The lowest BCUT2D eigenvalue weighted by Crippen LogP contribution is -2.41. The number of carbonyl (C=O) groups excluding carboxylic acids is 1. The van der Waals surface area contributed by atoms with E-state index in [-0.39, 0.29) is 23.8 Å². The standard InChI is InChI=1S/C20H31FN4O2/c1-13(2)24-19(26)9-10-23-20(22-4)25-14(3)16-7-8-18(17(21)11-16)27-12-15-5-6-15/h7-8,11,13-15H,5-6,9-10,12H2,1-4H3,(H,24,26)(H2,22,23,25). The number of nitrogens with one attached hydrogen (secondary N) is 3. The maximum atomic E-state index is 14.3.